The van der Waals surface area contributed by atoms with Crippen molar-refractivity contribution in [2.75, 3.05) is 0 Å². The van der Waals surface area contributed by atoms with E-state index in [0.717, 1.165) is 11.3 Å². The van der Waals surface area contributed by atoms with Gasteiger partial charge in [0.15, 0.2) is 5.65 Å². The Labute approximate surface area is 113 Å². The van der Waals surface area contributed by atoms with E-state index in [1.807, 2.05) is 0 Å². The molecular weight excluding hydrogens is 274 g/mol. The number of imidazole rings is 1. The highest BCUT2D eigenvalue weighted by atomic mass is 35.5. The summed E-state index contributed by atoms with van der Waals surface area (Å²) in [7, 11) is 0. The molecule has 0 fully saturated rings. The number of nitrogens with zero attached hydrogens (tertiary/aromatic N) is 2. The van der Waals surface area contributed by atoms with Crippen LogP contribution >= 0.6 is 23.2 Å². The summed E-state index contributed by atoms with van der Waals surface area (Å²) in [6.45, 7) is 0. The van der Waals surface area contributed by atoms with Gasteiger partial charge in [-0.15, -0.1) is 0 Å². The summed E-state index contributed by atoms with van der Waals surface area (Å²) in [6.07, 6.45) is 3.53. The highest BCUT2D eigenvalue weighted by Crippen LogP contribution is 2.25. The van der Waals surface area contributed by atoms with Gasteiger partial charge in [-0.25, -0.2) is 9.37 Å². The van der Waals surface area contributed by atoms with Crippen LogP contribution < -0.4 is 0 Å². The molecule has 0 unspecified atom stereocenters. The fourth-order valence-electron chi connectivity index (χ4n) is 1.78. The largest absolute Gasteiger partial charge is 0.304 e. The Balaban J connectivity index is 2.19. The molecule has 2 aromatic heterocycles. The fourth-order valence-corrected chi connectivity index (χ4v) is 2.31. The van der Waals surface area contributed by atoms with Crippen LogP contribution in [0.15, 0.2) is 42.7 Å². The molecule has 3 aromatic rings. The minimum absolute atomic E-state index is 0.274. The van der Waals surface area contributed by atoms with Crippen LogP contribution in [0.3, 0.4) is 0 Å². The third-order valence-electron chi connectivity index (χ3n) is 2.61. The van der Waals surface area contributed by atoms with Gasteiger partial charge in [0.2, 0.25) is 0 Å². The molecule has 0 bridgehead atoms. The zero-order chi connectivity index (χ0) is 12.7. The molecule has 0 radical (unpaired) electrons. The molecule has 0 spiro atoms. The van der Waals surface area contributed by atoms with Gasteiger partial charge in [0, 0.05) is 18.0 Å². The maximum absolute atomic E-state index is 12.9. The van der Waals surface area contributed by atoms with Gasteiger partial charge in [0.05, 0.1) is 15.7 Å². The molecule has 0 saturated carbocycles. The number of aromatic nitrogens is 2. The molecule has 0 saturated heterocycles. The van der Waals surface area contributed by atoms with E-state index in [0.29, 0.717) is 15.7 Å². The SMILES string of the molecule is Fc1ccc(-c2cn3cc(Cl)cc(Cl)c3n2)cc1. The van der Waals surface area contributed by atoms with Crippen molar-refractivity contribution >= 4 is 28.8 Å². The third kappa shape index (κ3) is 1.96. The van der Waals surface area contributed by atoms with Gasteiger partial charge in [0.1, 0.15) is 5.82 Å². The van der Waals surface area contributed by atoms with Crippen molar-refractivity contribution in [3.63, 3.8) is 0 Å². The van der Waals surface area contributed by atoms with Gasteiger partial charge >= 0.3 is 0 Å². The molecule has 3 rings (SSSR count). The second kappa shape index (κ2) is 4.26. The van der Waals surface area contributed by atoms with E-state index in [1.165, 1.54) is 12.1 Å². The molecule has 0 aliphatic carbocycles. The normalized spacial score (nSPS) is 11.1. The number of hydrogen-bond acceptors (Lipinski definition) is 1. The van der Waals surface area contributed by atoms with Gasteiger partial charge in [-0.05, 0) is 30.3 Å². The smallest absolute Gasteiger partial charge is 0.156 e. The van der Waals surface area contributed by atoms with Gasteiger partial charge in [-0.3, -0.25) is 0 Å². The Morgan fingerprint density at radius 1 is 1.06 bits per heavy atom. The highest BCUT2D eigenvalue weighted by Gasteiger charge is 2.08. The fraction of sp³-hybridized carbons (Fsp3) is 0. The predicted molar refractivity (Wildman–Crippen MR) is 70.6 cm³/mol. The quantitative estimate of drug-likeness (QED) is 0.644. The van der Waals surface area contributed by atoms with Gasteiger partial charge in [-0.1, -0.05) is 23.2 Å². The molecule has 90 valence electrons. The first-order valence-corrected chi connectivity index (χ1v) is 5.99. The van der Waals surface area contributed by atoms with Crippen molar-refractivity contribution in [3.05, 3.63) is 58.6 Å². The van der Waals surface area contributed by atoms with Crippen LogP contribution in [0.1, 0.15) is 0 Å². The van der Waals surface area contributed by atoms with Gasteiger partial charge < -0.3 is 4.40 Å². The highest BCUT2D eigenvalue weighted by molar-refractivity contribution is 6.36. The first kappa shape index (κ1) is 11.5. The first-order chi connectivity index (χ1) is 8.63. The second-order valence-electron chi connectivity index (χ2n) is 3.87. The molecule has 1 aromatic carbocycles. The van der Waals surface area contributed by atoms with E-state index in [1.54, 1.807) is 35.0 Å². The monoisotopic (exact) mass is 280 g/mol. The topological polar surface area (TPSA) is 17.3 Å². The van der Waals surface area contributed by atoms with Crippen molar-refractivity contribution in [1.29, 1.82) is 0 Å². The number of pyridine rings is 1. The number of rotatable bonds is 1. The minimum Gasteiger partial charge on any atom is -0.304 e. The Hall–Kier alpha value is -1.58. The van der Waals surface area contributed by atoms with Crippen LogP contribution in [0.4, 0.5) is 4.39 Å². The lowest BCUT2D eigenvalue weighted by atomic mass is 10.2. The molecule has 0 amide bonds. The Kier molecular flexibility index (Phi) is 2.73. The van der Waals surface area contributed by atoms with Crippen molar-refractivity contribution in [3.8, 4) is 11.3 Å². The molecule has 18 heavy (non-hydrogen) atoms. The maximum Gasteiger partial charge on any atom is 0.156 e. The van der Waals surface area contributed by atoms with Gasteiger partial charge in [0.25, 0.3) is 0 Å². The van der Waals surface area contributed by atoms with Crippen molar-refractivity contribution in [2.24, 2.45) is 0 Å². The van der Waals surface area contributed by atoms with Crippen LogP contribution in [0, 0.1) is 5.82 Å². The summed E-state index contributed by atoms with van der Waals surface area (Å²) < 4.78 is 14.6. The van der Waals surface area contributed by atoms with Crippen molar-refractivity contribution in [2.45, 2.75) is 0 Å². The van der Waals surface area contributed by atoms with Crippen LogP contribution in [0.5, 0.6) is 0 Å². The first-order valence-electron chi connectivity index (χ1n) is 5.23. The van der Waals surface area contributed by atoms with E-state index in [-0.39, 0.29) is 5.82 Å². The Bertz CT molecular complexity index is 720. The van der Waals surface area contributed by atoms with E-state index < -0.39 is 0 Å². The zero-order valence-electron chi connectivity index (χ0n) is 9.07. The van der Waals surface area contributed by atoms with E-state index in [9.17, 15) is 4.39 Å². The van der Waals surface area contributed by atoms with E-state index in [2.05, 4.69) is 4.98 Å². The lowest BCUT2D eigenvalue weighted by Crippen LogP contribution is -1.82. The molecule has 0 N–H and O–H groups in total. The van der Waals surface area contributed by atoms with Gasteiger partial charge in [-0.2, -0.15) is 0 Å². The Morgan fingerprint density at radius 2 is 1.78 bits per heavy atom. The summed E-state index contributed by atoms with van der Waals surface area (Å²) in [4.78, 5) is 4.40. The second-order valence-corrected chi connectivity index (χ2v) is 4.71. The Morgan fingerprint density at radius 3 is 2.50 bits per heavy atom. The summed E-state index contributed by atoms with van der Waals surface area (Å²) in [5.41, 5.74) is 2.17. The van der Waals surface area contributed by atoms with Crippen LogP contribution in [0.25, 0.3) is 16.9 Å². The average Bonchev–Trinajstić information content (AvgIpc) is 2.74. The van der Waals surface area contributed by atoms with Crippen LogP contribution in [-0.4, -0.2) is 9.38 Å². The lowest BCUT2D eigenvalue weighted by Gasteiger charge is -1.95. The predicted octanol–water partition coefficient (Wildman–Crippen LogP) is 4.45. The molecule has 2 nitrogen and oxygen atoms in total. The van der Waals surface area contributed by atoms with Crippen LogP contribution in [-0.2, 0) is 0 Å². The molecule has 5 heteroatoms. The number of hydrogen-bond donors (Lipinski definition) is 0. The minimum atomic E-state index is -0.274. The third-order valence-corrected chi connectivity index (χ3v) is 3.10. The van der Waals surface area contributed by atoms with Crippen LogP contribution in [0.2, 0.25) is 10.0 Å². The zero-order valence-corrected chi connectivity index (χ0v) is 10.6. The molecular formula is C13H7Cl2FN2. The molecule has 2 heterocycles. The number of fused-ring (bicyclic) bond motifs is 1. The summed E-state index contributed by atoms with van der Waals surface area (Å²) in [5, 5.41) is 1.02. The summed E-state index contributed by atoms with van der Waals surface area (Å²) in [5.74, 6) is -0.274. The molecule has 0 aliphatic heterocycles. The summed E-state index contributed by atoms with van der Waals surface area (Å²) >= 11 is 12.0. The van der Waals surface area contributed by atoms with Crippen molar-refractivity contribution in [1.82, 2.24) is 9.38 Å². The number of benzene rings is 1. The molecule has 0 atom stereocenters. The maximum atomic E-state index is 12.9. The standard InChI is InChI=1S/C13H7Cl2FN2/c14-9-5-11(15)13-17-12(7-18(13)6-9)8-1-3-10(16)4-2-8/h1-7H. The molecule has 0 aliphatic rings. The van der Waals surface area contributed by atoms with E-state index >= 15 is 0 Å². The number of halogens is 3. The summed E-state index contributed by atoms with van der Waals surface area (Å²) in [6, 6.07) is 7.78. The van der Waals surface area contributed by atoms with Crippen molar-refractivity contribution < 1.29 is 4.39 Å². The van der Waals surface area contributed by atoms with E-state index in [4.69, 9.17) is 23.2 Å². The average molecular weight is 281 g/mol. The lowest BCUT2D eigenvalue weighted by molar-refractivity contribution is 0.628.